The van der Waals surface area contributed by atoms with Crippen LogP contribution in [0.1, 0.15) is 23.9 Å². The van der Waals surface area contributed by atoms with E-state index in [0.29, 0.717) is 30.9 Å². The van der Waals surface area contributed by atoms with Crippen molar-refractivity contribution in [1.82, 2.24) is 15.6 Å². The quantitative estimate of drug-likeness (QED) is 0.845. The predicted molar refractivity (Wildman–Crippen MR) is 81.1 cm³/mol. The zero-order valence-electron chi connectivity index (χ0n) is 12.7. The van der Waals surface area contributed by atoms with E-state index in [1.807, 2.05) is 31.7 Å². The van der Waals surface area contributed by atoms with Crippen molar-refractivity contribution in [3.63, 3.8) is 0 Å². The maximum Gasteiger partial charge on any atom is 0.244 e. The molecule has 1 aliphatic rings. The molecule has 2 rings (SSSR count). The normalized spacial score (nSPS) is 18.2. The smallest absolute Gasteiger partial charge is 0.244 e. The number of likely N-dealkylation sites (N-methyl/N-ethyl adjacent to an activating group) is 1. The number of rotatable bonds is 3. The molecular formula is C15H21N5O. The fourth-order valence-electron chi connectivity index (χ4n) is 2.69. The van der Waals surface area contributed by atoms with Gasteiger partial charge in [0.2, 0.25) is 5.91 Å². The van der Waals surface area contributed by atoms with Gasteiger partial charge >= 0.3 is 0 Å². The summed E-state index contributed by atoms with van der Waals surface area (Å²) in [5.41, 5.74) is 2.92. The first kappa shape index (κ1) is 15.3. The molecule has 1 aromatic rings. The number of carbonyl (C=O) groups excluding carboxylic acids is 1. The maximum atomic E-state index is 12.3. The summed E-state index contributed by atoms with van der Waals surface area (Å²) in [4.78, 5) is 18.6. The average Bonchev–Trinajstić information content (AvgIpc) is 2.47. The van der Waals surface area contributed by atoms with E-state index >= 15 is 0 Å². The van der Waals surface area contributed by atoms with Crippen LogP contribution in [0.3, 0.4) is 0 Å². The van der Waals surface area contributed by atoms with Crippen LogP contribution in [0, 0.1) is 25.2 Å². The van der Waals surface area contributed by atoms with Crippen LogP contribution in [0.25, 0.3) is 0 Å². The second-order valence-electron chi connectivity index (χ2n) is 5.16. The molecule has 0 bridgehead atoms. The molecule has 0 saturated carbocycles. The Morgan fingerprint density at radius 2 is 2.38 bits per heavy atom. The van der Waals surface area contributed by atoms with Gasteiger partial charge < -0.3 is 15.5 Å². The Morgan fingerprint density at radius 1 is 1.62 bits per heavy atom. The molecule has 1 aromatic heterocycles. The second-order valence-corrected chi connectivity index (χ2v) is 5.16. The summed E-state index contributed by atoms with van der Waals surface area (Å²) in [6.45, 7) is 8.31. The van der Waals surface area contributed by atoms with Crippen LogP contribution in [0.5, 0.6) is 0 Å². The van der Waals surface area contributed by atoms with Crippen molar-refractivity contribution < 1.29 is 4.79 Å². The van der Waals surface area contributed by atoms with Crippen LogP contribution >= 0.6 is 0 Å². The van der Waals surface area contributed by atoms with Crippen molar-refractivity contribution >= 4 is 11.6 Å². The second kappa shape index (κ2) is 6.55. The molecule has 1 fully saturated rings. The number of nitriles is 1. The topological polar surface area (TPSA) is 81.1 Å². The number of hydrogen-bond acceptors (Lipinski definition) is 5. The molecule has 1 saturated heterocycles. The number of aryl methyl sites for hydroxylation is 2. The molecule has 0 aromatic carbocycles. The summed E-state index contributed by atoms with van der Waals surface area (Å²) < 4.78 is 0. The number of nitrogens with zero attached hydrogens (tertiary/aromatic N) is 3. The van der Waals surface area contributed by atoms with Crippen LogP contribution in [-0.4, -0.2) is 43.1 Å². The van der Waals surface area contributed by atoms with Crippen molar-refractivity contribution in [3.8, 4) is 6.07 Å². The largest absolute Gasteiger partial charge is 0.356 e. The molecule has 0 spiro atoms. The maximum absolute atomic E-state index is 12.3. The van der Waals surface area contributed by atoms with E-state index < -0.39 is 0 Å². The van der Waals surface area contributed by atoms with Gasteiger partial charge in [-0.3, -0.25) is 9.78 Å². The molecule has 1 atom stereocenters. The summed E-state index contributed by atoms with van der Waals surface area (Å²) in [6, 6.07) is 3.82. The lowest BCUT2D eigenvalue weighted by atomic mass is 10.1. The van der Waals surface area contributed by atoms with Gasteiger partial charge in [-0.1, -0.05) is 0 Å². The lowest BCUT2D eigenvalue weighted by molar-refractivity contribution is -0.122. The summed E-state index contributed by atoms with van der Waals surface area (Å²) in [7, 11) is 0. The molecule has 1 unspecified atom stereocenters. The molecule has 0 aliphatic carbocycles. The Bertz CT molecular complexity index is 578. The molecule has 21 heavy (non-hydrogen) atoms. The summed E-state index contributed by atoms with van der Waals surface area (Å²) >= 11 is 0. The van der Waals surface area contributed by atoms with E-state index in [2.05, 4.69) is 21.7 Å². The van der Waals surface area contributed by atoms with Crippen LogP contribution in [-0.2, 0) is 4.79 Å². The molecule has 112 valence electrons. The minimum atomic E-state index is -0.299. The van der Waals surface area contributed by atoms with E-state index in [-0.39, 0.29) is 11.9 Å². The minimum absolute atomic E-state index is 0.0132. The van der Waals surface area contributed by atoms with Gasteiger partial charge in [-0.15, -0.1) is 0 Å². The first-order valence-electron chi connectivity index (χ1n) is 7.22. The number of anilines is 1. The van der Waals surface area contributed by atoms with Crippen molar-refractivity contribution in [2.24, 2.45) is 0 Å². The van der Waals surface area contributed by atoms with E-state index in [4.69, 9.17) is 0 Å². The lowest BCUT2D eigenvalue weighted by Crippen LogP contribution is -2.58. The van der Waals surface area contributed by atoms with Crippen LogP contribution in [0.4, 0.5) is 5.69 Å². The van der Waals surface area contributed by atoms with E-state index in [1.165, 1.54) is 0 Å². The van der Waals surface area contributed by atoms with Gasteiger partial charge in [-0.2, -0.15) is 5.26 Å². The van der Waals surface area contributed by atoms with Gasteiger partial charge in [0.05, 0.1) is 16.9 Å². The fraction of sp³-hybridized carbons (Fsp3) is 0.533. The summed E-state index contributed by atoms with van der Waals surface area (Å²) in [5.74, 6) is -0.0132. The monoisotopic (exact) mass is 287 g/mol. The highest BCUT2D eigenvalue weighted by molar-refractivity contribution is 5.86. The Balaban J connectivity index is 2.42. The number of pyridine rings is 1. The summed E-state index contributed by atoms with van der Waals surface area (Å²) in [5, 5.41) is 15.5. The zero-order valence-corrected chi connectivity index (χ0v) is 12.7. The number of carbonyl (C=O) groups is 1. The molecule has 2 N–H and O–H groups in total. The van der Waals surface area contributed by atoms with Crippen molar-refractivity contribution in [3.05, 3.63) is 23.0 Å². The van der Waals surface area contributed by atoms with E-state index in [0.717, 1.165) is 17.9 Å². The number of nitrogens with one attached hydrogen (secondary N) is 2. The third-order valence-electron chi connectivity index (χ3n) is 3.63. The van der Waals surface area contributed by atoms with Crippen LogP contribution in [0.2, 0.25) is 0 Å². The average molecular weight is 287 g/mol. The Hall–Kier alpha value is -2.13. The van der Waals surface area contributed by atoms with Crippen LogP contribution in [0.15, 0.2) is 6.07 Å². The minimum Gasteiger partial charge on any atom is -0.356 e. The SMILES string of the molecule is CCNC(=O)C1CNCCN1c1cc(C)nc(C)c1C#N. The Morgan fingerprint density at radius 3 is 3.05 bits per heavy atom. The Kier molecular flexibility index (Phi) is 4.76. The van der Waals surface area contributed by atoms with E-state index in [1.54, 1.807) is 0 Å². The van der Waals surface area contributed by atoms with Crippen LogP contribution < -0.4 is 15.5 Å². The highest BCUT2D eigenvalue weighted by Crippen LogP contribution is 2.26. The van der Waals surface area contributed by atoms with Gasteiger partial charge in [-0.25, -0.2) is 0 Å². The van der Waals surface area contributed by atoms with Crippen molar-refractivity contribution in [2.75, 3.05) is 31.1 Å². The van der Waals surface area contributed by atoms with Gasteiger partial charge in [0, 0.05) is 31.9 Å². The lowest BCUT2D eigenvalue weighted by Gasteiger charge is -2.37. The number of hydrogen-bond donors (Lipinski definition) is 2. The third kappa shape index (κ3) is 3.14. The zero-order chi connectivity index (χ0) is 15.4. The van der Waals surface area contributed by atoms with Gasteiger partial charge in [0.1, 0.15) is 12.1 Å². The van der Waals surface area contributed by atoms with Gasteiger partial charge in [0.25, 0.3) is 0 Å². The van der Waals surface area contributed by atoms with Crippen molar-refractivity contribution in [2.45, 2.75) is 26.8 Å². The number of piperazine rings is 1. The molecule has 2 heterocycles. The first-order valence-corrected chi connectivity index (χ1v) is 7.22. The molecule has 1 aliphatic heterocycles. The number of amides is 1. The van der Waals surface area contributed by atoms with Crippen molar-refractivity contribution in [1.29, 1.82) is 5.26 Å². The highest BCUT2D eigenvalue weighted by Gasteiger charge is 2.30. The fourth-order valence-corrected chi connectivity index (χ4v) is 2.69. The predicted octanol–water partition coefficient (Wildman–Crippen LogP) is 0.484. The molecular weight excluding hydrogens is 266 g/mol. The molecule has 0 radical (unpaired) electrons. The first-order chi connectivity index (χ1) is 10.1. The summed E-state index contributed by atoms with van der Waals surface area (Å²) in [6.07, 6.45) is 0. The third-order valence-corrected chi connectivity index (χ3v) is 3.63. The number of aromatic nitrogens is 1. The van der Waals surface area contributed by atoms with Gasteiger partial charge in [0.15, 0.2) is 0 Å². The molecule has 1 amide bonds. The standard InChI is InChI=1S/C15H21N5O/c1-4-18-15(21)14-9-17-5-6-20(14)13-7-10(2)19-11(3)12(13)8-16/h7,14,17H,4-6,9H2,1-3H3,(H,18,21). The molecule has 6 nitrogen and oxygen atoms in total. The van der Waals surface area contributed by atoms with Gasteiger partial charge in [-0.05, 0) is 26.8 Å². The molecule has 6 heteroatoms. The van der Waals surface area contributed by atoms with E-state index in [9.17, 15) is 10.1 Å². The highest BCUT2D eigenvalue weighted by atomic mass is 16.2. The Labute approximate surface area is 125 Å².